The molecule has 0 unspecified atom stereocenters. The standard InChI is InChI=1S/C19H30N6O2/c1-2-20-19(21-9-5-11-27-15-16-7-12-26-13-8-16)22-14-18-24-23-17-6-3-4-10-25(17)18/h3-4,6,10,16H,2,5,7-9,11-15H2,1H3,(H2,20,21,22). The van der Waals surface area contributed by atoms with Crippen LogP contribution in [-0.2, 0) is 16.0 Å². The molecule has 0 amide bonds. The highest BCUT2D eigenvalue weighted by atomic mass is 16.5. The van der Waals surface area contributed by atoms with Gasteiger partial charge in [0.05, 0.1) is 0 Å². The Balaban J connectivity index is 1.38. The van der Waals surface area contributed by atoms with Gasteiger partial charge >= 0.3 is 0 Å². The maximum absolute atomic E-state index is 5.80. The zero-order chi connectivity index (χ0) is 18.7. The largest absolute Gasteiger partial charge is 0.381 e. The van der Waals surface area contributed by atoms with E-state index in [0.29, 0.717) is 12.5 Å². The molecule has 27 heavy (non-hydrogen) atoms. The second kappa shape index (κ2) is 10.8. The molecule has 2 N–H and O–H groups in total. The van der Waals surface area contributed by atoms with Gasteiger partial charge in [0.25, 0.3) is 0 Å². The quantitative estimate of drug-likeness (QED) is 0.394. The molecule has 0 atom stereocenters. The lowest BCUT2D eigenvalue weighted by Crippen LogP contribution is -2.38. The molecular formula is C19H30N6O2. The van der Waals surface area contributed by atoms with Gasteiger partial charge in [0, 0.05) is 45.7 Å². The topological polar surface area (TPSA) is 85.1 Å². The Morgan fingerprint density at radius 2 is 2.19 bits per heavy atom. The zero-order valence-corrected chi connectivity index (χ0v) is 16.1. The first-order chi connectivity index (χ1) is 13.4. The van der Waals surface area contributed by atoms with Gasteiger partial charge < -0.3 is 20.1 Å². The Morgan fingerprint density at radius 3 is 3.04 bits per heavy atom. The van der Waals surface area contributed by atoms with Gasteiger partial charge in [-0.1, -0.05) is 6.07 Å². The van der Waals surface area contributed by atoms with Crippen molar-refractivity contribution in [3.05, 3.63) is 30.2 Å². The van der Waals surface area contributed by atoms with Crippen molar-refractivity contribution >= 4 is 11.6 Å². The van der Waals surface area contributed by atoms with E-state index in [9.17, 15) is 0 Å². The van der Waals surface area contributed by atoms with Gasteiger partial charge in [0.1, 0.15) is 6.54 Å². The molecule has 8 heteroatoms. The predicted molar refractivity (Wildman–Crippen MR) is 105 cm³/mol. The summed E-state index contributed by atoms with van der Waals surface area (Å²) < 4.78 is 13.1. The number of ether oxygens (including phenoxy) is 2. The molecule has 0 aliphatic carbocycles. The molecule has 1 aliphatic heterocycles. The molecule has 8 nitrogen and oxygen atoms in total. The van der Waals surface area contributed by atoms with E-state index in [-0.39, 0.29) is 0 Å². The number of hydrogen-bond donors (Lipinski definition) is 2. The minimum Gasteiger partial charge on any atom is -0.381 e. The number of rotatable bonds is 9. The van der Waals surface area contributed by atoms with Gasteiger partial charge in [-0.3, -0.25) is 4.40 Å². The van der Waals surface area contributed by atoms with E-state index >= 15 is 0 Å². The summed E-state index contributed by atoms with van der Waals surface area (Å²) in [7, 11) is 0. The van der Waals surface area contributed by atoms with E-state index < -0.39 is 0 Å². The molecule has 1 saturated heterocycles. The molecule has 0 bridgehead atoms. The number of pyridine rings is 1. The predicted octanol–water partition coefficient (Wildman–Crippen LogP) is 1.62. The second-order valence-electron chi connectivity index (χ2n) is 6.65. The lowest BCUT2D eigenvalue weighted by atomic mass is 10.0. The Bertz CT molecular complexity index is 711. The lowest BCUT2D eigenvalue weighted by molar-refractivity contribution is 0.0203. The lowest BCUT2D eigenvalue weighted by Gasteiger charge is -2.21. The van der Waals surface area contributed by atoms with Crippen molar-refractivity contribution in [3.8, 4) is 0 Å². The van der Waals surface area contributed by atoms with Gasteiger partial charge in [-0.25, -0.2) is 4.99 Å². The molecule has 1 aliphatic rings. The first kappa shape index (κ1) is 19.6. The summed E-state index contributed by atoms with van der Waals surface area (Å²) in [4.78, 5) is 4.61. The average molecular weight is 374 g/mol. The van der Waals surface area contributed by atoms with Gasteiger partial charge in [0.2, 0.25) is 0 Å². The van der Waals surface area contributed by atoms with Gasteiger partial charge in [-0.05, 0) is 44.2 Å². The number of aliphatic imine (C=N–C) groups is 1. The van der Waals surface area contributed by atoms with Crippen LogP contribution in [0.1, 0.15) is 32.0 Å². The Hall–Kier alpha value is -2.19. The van der Waals surface area contributed by atoms with Crippen molar-refractivity contribution in [2.75, 3.05) is 39.5 Å². The van der Waals surface area contributed by atoms with E-state index in [2.05, 4.69) is 32.7 Å². The highest BCUT2D eigenvalue weighted by molar-refractivity contribution is 5.79. The van der Waals surface area contributed by atoms with Crippen LogP contribution >= 0.6 is 0 Å². The van der Waals surface area contributed by atoms with E-state index in [4.69, 9.17) is 9.47 Å². The molecule has 148 valence electrons. The highest BCUT2D eigenvalue weighted by Crippen LogP contribution is 2.14. The minimum atomic E-state index is 0.473. The van der Waals surface area contributed by atoms with E-state index in [0.717, 1.165) is 76.2 Å². The number of hydrogen-bond acceptors (Lipinski definition) is 5. The first-order valence-electron chi connectivity index (χ1n) is 9.83. The summed E-state index contributed by atoms with van der Waals surface area (Å²) in [6.45, 7) is 7.52. The first-order valence-corrected chi connectivity index (χ1v) is 9.83. The van der Waals surface area contributed by atoms with Crippen LogP contribution in [0.3, 0.4) is 0 Å². The number of nitrogens with zero attached hydrogens (tertiary/aromatic N) is 4. The van der Waals surface area contributed by atoms with E-state index in [1.807, 2.05) is 28.8 Å². The molecule has 2 aromatic rings. The van der Waals surface area contributed by atoms with Crippen LogP contribution in [0.4, 0.5) is 0 Å². The van der Waals surface area contributed by atoms with Gasteiger partial charge in [-0.2, -0.15) is 0 Å². The molecule has 1 fully saturated rings. The SMILES string of the molecule is CCNC(=NCc1nnc2ccccn12)NCCCOCC1CCOCC1. The van der Waals surface area contributed by atoms with Crippen LogP contribution in [0, 0.1) is 5.92 Å². The van der Waals surface area contributed by atoms with Crippen LogP contribution in [0.25, 0.3) is 5.65 Å². The Labute approximate surface area is 160 Å². The molecule has 0 radical (unpaired) electrons. The van der Waals surface area contributed by atoms with Gasteiger partial charge in [-0.15, -0.1) is 10.2 Å². The molecule has 0 aromatic carbocycles. The summed E-state index contributed by atoms with van der Waals surface area (Å²) >= 11 is 0. The van der Waals surface area contributed by atoms with Crippen molar-refractivity contribution < 1.29 is 9.47 Å². The maximum atomic E-state index is 5.80. The van der Waals surface area contributed by atoms with Crippen molar-refractivity contribution in [3.63, 3.8) is 0 Å². The summed E-state index contributed by atoms with van der Waals surface area (Å²) in [5.74, 6) is 2.26. The van der Waals surface area contributed by atoms with Crippen molar-refractivity contribution in [1.29, 1.82) is 0 Å². The smallest absolute Gasteiger partial charge is 0.191 e. The summed E-state index contributed by atoms with van der Waals surface area (Å²) in [5, 5.41) is 15.0. The number of nitrogens with one attached hydrogen (secondary N) is 2. The van der Waals surface area contributed by atoms with Crippen molar-refractivity contribution in [1.82, 2.24) is 25.2 Å². The van der Waals surface area contributed by atoms with Crippen molar-refractivity contribution in [2.24, 2.45) is 10.9 Å². The Kier molecular flexibility index (Phi) is 7.85. The maximum Gasteiger partial charge on any atom is 0.191 e. The van der Waals surface area contributed by atoms with E-state index in [1.54, 1.807) is 0 Å². The fourth-order valence-corrected chi connectivity index (χ4v) is 3.03. The number of aromatic nitrogens is 3. The summed E-state index contributed by atoms with van der Waals surface area (Å²) in [6.07, 6.45) is 5.14. The third kappa shape index (κ3) is 6.18. The Morgan fingerprint density at radius 1 is 1.30 bits per heavy atom. The third-order valence-corrected chi connectivity index (χ3v) is 4.56. The molecule has 0 saturated carbocycles. The fraction of sp³-hybridized carbons (Fsp3) is 0.632. The number of fused-ring (bicyclic) bond motifs is 1. The summed E-state index contributed by atoms with van der Waals surface area (Å²) in [5.41, 5.74) is 0.835. The highest BCUT2D eigenvalue weighted by Gasteiger charge is 2.13. The van der Waals surface area contributed by atoms with Crippen LogP contribution in [0.15, 0.2) is 29.4 Å². The molecule has 2 aromatic heterocycles. The monoisotopic (exact) mass is 374 g/mol. The van der Waals surface area contributed by atoms with Crippen LogP contribution in [-0.4, -0.2) is 60.1 Å². The van der Waals surface area contributed by atoms with E-state index in [1.165, 1.54) is 0 Å². The number of guanidine groups is 1. The molecule has 3 heterocycles. The minimum absolute atomic E-state index is 0.473. The normalized spacial score (nSPS) is 16.0. The van der Waals surface area contributed by atoms with Crippen LogP contribution in [0.2, 0.25) is 0 Å². The van der Waals surface area contributed by atoms with Gasteiger partial charge in [0.15, 0.2) is 17.4 Å². The van der Waals surface area contributed by atoms with Crippen LogP contribution < -0.4 is 10.6 Å². The van der Waals surface area contributed by atoms with Crippen LogP contribution in [0.5, 0.6) is 0 Å². The average Bonchev–Trinajstić information content (AvgIpc) is 3.12. The molecular weight excluding hydrogens is 344 g/mol. The fourth-order valence-electron chi connectivity index (χ4n) is 3.03. The summed E-state index contributed by atoms with van der Waals surface area (Å²) in [6, 6.07) is 5.85. The molecule has 0 spiro atoms. The second-order valence-corrected chi connectivity index (χ2v) is 6.65. The molecule has 3 rings (SSSR count). The zero-order valence-electron chi connectivity index (χ0n) is 16.1. The van der Waals surface area contributed by atoms with Crippen molar-refractivity contribution in [2.45, 2.75) is 32.7 Å². The third-order valence-electron chi connectivity index (χ3n) is 4.56.